The average Bonchev–Trinajstić information content (AvgIpc) is 3.37. The molecule has 186 valence electrons. The van der Waals surface area contributed by atoms with Crippen LogP contribution in [0.25, 0.3) is 16.7 Å². The van der Waals surface area contributed by atoms with Gasteiger partial charge < -0.3 is 14.8 Å². The number of nitrogens with zero attached hydrogens (tertiary/aromatic N) is 1. The fraction of sp³-hybridized carbons (Fsp3) is 0.226. The van der Waals surface area contributed by atoms with E-state index in [2.05, 4.69) is 4.98 Å². The maximum Gasteiger partial charge on any atom is 0.300 e. The molecule has 1 unspecified atom stereocenters. The third-order valence-electron chi connectivity index (χ3n) is 7.61. The third kappa shape index (κ3) is 3.63. The second kappa shape index (κ2) is 8.66. The van der Waals surface area contributed by atoms with Crippen molar-refractivity contribution in [3.8, 4) is 5.75 Å². The lowest BCUT2D eigenvalue weighted by Crippen LogP contribution is -2.29. The standard InChI is InChI=1S/C31H28N2O4/c1-17-10-12-22(15-18(17)2)33-28(26-19(3)32-24-9-5-4-8-23(24)26)27(30(35)31(33)36)29(34)21-11-13-25-20(16-21)7-6-14-37-25/h4-5,8-13,15-16,28,32,34H,6-7,14H2,1-3H3/b29-27+. The molecule has 1 saturated heterocycles. The van der Waals surface area contributed by atoms with Crippen molar-refractivity contribution in [2.45, 2.75) is 39.7 Å². The number of aliphatic hydroxyl groups is 1. The number of benzene rings is 3. The second-order valence-corrected chi connectivity index (χ2v) is 9.92. The Morgan fingerprint density at radius 1 is 1.00 bits per heavy atom. The molecule has 3 aromatic carbocycles. The van der Waals surface area contributed by atoms with Crippen LogP contribution in [0.5, 0.6) is 5.75 Å². The van der Waals surface area contributed by atoms with E-state index in [1.807, 2.05) is 75.4 Å². The van der Waals surface area contributed by atoms with Gasteiger partial charge in [-0.15, -0.1) is 0 Å². The minimum atomic E-state index is -0.787. The van der Waals surface area contributed by atoms with Gasteiger partial charge in [-0.05, 0) is 86.7 Å². The van der Waals surface area contributed by atoms with Crippen LogP contribution in [-0.4, -0.2) is 28.4 Å². The largest absolute Gasteiger partial charge is 0.507 e. The van der Waals surface area contributed by atoms with Gasteiger partial charge in [-0.3, -0.25) is 14.5 Å². The molecule has 0 radical (unpaired) electrons. The van der Waals surface area contributed by atoms with Gasteiger partial charge in [0.2, 0.25) is 0 Å². The van der Waals surface area contributed by atoms with Crippen LogP contribution in [0.1, 0.15) is 46.0 Å². The first-order chi connectivity index (χ1) is 17.8. The minimum Gasteiger partial charge on any atom is -0.507 e. The summed E-state index contributed by atoms with van der Waals surface area (Å²) in [6.07, 6.45) is 1.72. The number of carbonyl (C=O) groups is 2. The maximum absolute atomic E-state index is 13.7. The summed E-state index contributed by atoms with van der Waals surface area (Å²) < 4.78 is 5.73. The van der Waals surface area contributed by atoms with E-state index < -0.39 is 17.7 Å². The number of hydrogen-bond acceptors (Lipinski definition) is 4. The Hall–Kier alpha value is -4.32. The van der Waals surface area contributed by atoms with Crippen LogP contribution < -0.4 is 9.64 Å². The highest BCUT2D eigenvalue weighted by Crippen LogP contribution is 2.46. The van der Waals surface area contributed by atoms with Crippen molar-refractivity contribution in [3.05, 3.63) is 99.7 Å². The second-order valence-electron chi connectivity index (χ2n) is 9.92. The number of nitrogens with one attached hydrogen (secondary N) is 1. The molecule has 6 nitrogen and oxygen atoms in total. The highest BCUT2D eigenvalue weighted by Gasteiger charge is 2.48. The molecule has 0 aliphatic carbocycles. The van der Waals surface area contributed by atoms with Crippen LogP contribution in [0, 0.1) is 20.8 Å². The number of ketones is 1. The zero-order valence-corrected chi connectivity index (χ0v) is 21.1. The van der Waals surface area contributed by atoms with Crippen molar-refractivity contribution < 1.29 is 19.4 Å². The average molecular weight is 493 g/mol. The van der Waals surface area contributed by atoms with E-state index in [1.54, 1.807) is 6.07 Å². The molecular weight excluding hydrogens is 464 g/mol. The van der Waals surface area contributed by atoms with E-state index in [0.29, 0.717) is 17.9 Å². The number of hydrogen-bond donors (Lipinski definition) is 2. The molecule has 0 bridgehead atoms. The zero-order chi connectivity index (χ0) is 25.8. The highest BCUT2D eigenvalue weighted by atomic mass is 16.5. The molecule has 0 spiro atoms. The fourth-order valence-electron chi connectivity index (χ4n) is 5.56. The molecule has 6 rings (SSSR count). The molecule has 6 heteroatoms. The van der Waals surface area contributed by atoms with Crippen molar-refractivity contribution in [1.29, 1.82) is 0 Å². The summed E-state index contributed by atoms with van der Waals surface area (Å²) in [5.41, 5.74) is 6.86. The van der Waals surface area contributed by atoms with E-state index in [-0.39, 0.29) is 11.3 Å². The number of aliphatic hydroxyl groups excluding tert-OH is 1. The molecule has 0 saturated carbocycles. The lowest BCUT2D eigenvalue weighted by molar-refractivity contribution is -0.132. The Kier molecular flexibility index (Phi) is 5.41. The number of aromatic amines is 1. The molecule has 1 fully saturated rings. The molecular formula is C31H28N2O4. The first-order valence-electron chi connectivity index (χ1n) is 12.6. The smallest absolute Gasteiger partial charge is 0.300 e. The van der Waals surface area contributed by atoms with Gasteiger partial charge in [-0.25, -0.2) is 0 Å². The van der Waals surface area contributed by atoms with Crippen molar-refractivity contribution in [2.24, 2.45) is 0 Å². The summed E-state index contributed by atoms with van der Waals surface area (Å²) in [6.45, 7) is 6.59. The first-order valence-corrected chi connectivity index (χ1v) is 12.6. The molecule has 2 aliphatic heterocycles. The lowest BCUT2D eigenvalue weighted by atomic mass is 9.92. The monoisotopic (exact) mass is 492 g/mol. The van der Waals surface area contributed by atoms with Gasteiger partial charge in [0.1, 0.15) is 11.5 Å². The Morgan fingerprint density at radius 2 is 1.81 bits per heavy atom. The van der Waals surface area contributed by atoms with Gasteiger partial charge in [-0.2, -0.15) is 0 Å². The van der Waals surface area contributed by atoms with E-state index in [1.165, 1.54) is 4.90 Å². The van der Waals surface area contributed by atoms with Crippen molar-refractivity contribution >= 4 is 34.0 Å². The molecule has 37 heavy (non-hydrogen) atoms. The molecule has 1 amide bonds. The number of ether oxygens (including phenoxy) is 1. The normalized spacial score (nSPS) is 18.8. The van der Waals surface area contributed by atoms with E-state index in [4.69, 9.17) is 4.74 Å². The van der Waals surface area contributed by atoms with Gasteiger partial charge in [0.25, 0.3) is 11.7 Å². The molecule has 4 aromatic rings. The first kappa shape index (κ1) is 23.1. The predicted molar refractivity (Wildman–Crippen MR) is 144 cm³/mol. The summed E-state index contributed by atoms with van der Waals surface area (Å²) in [5.74, 6) is -0.727. The lowest BCUT2D eigenvalue weighted by Gasteiger charge is -2.26. The van der Waals surface area contributed by atoms with Crippen LogP contribution in [0.4, 0.5) is 5.69 Å². The number of rotatable bonds is 3. The van der Waals surface area contributed by atoms with Crippen molar-refractivity contribution in [1.82, 2.24) is 4.98 Å². The minimum absolute atomic E-state index is 0.0905. The number of para-hydroxylation sites is 1. The number of anilines is 1. The number of fused-ring (bicyclic) bond motifs is 2. The van der Waals surface area contributed by atoms with Crippen LogP contribution in [0.3, 0.4) is 0 Å². The summed E-state index contributed by atoms with van der Waals surface area (Å²) in [5, 5.41) is 12.5. The SMILES string of the molecule is Cc1ccc(N2C(=O)C(=O)/C(=C(/O)c3ccc4c(c3)CCCO4)C2c2c(C)[nH]c3ccccc23)cc1C. The zero-order valence-electron chi connectivity index (χ0n) is 21.1. The fourth-order valence-corrected chi connectivity index (χ4v) is 5.56. The van der Waals surface area contributed by atoms with Gasteiger partial charge >= 0.3 is 0 Å². The van der Waals surface area contributed by atoms with Gasteiger partial charge in [0.15, 0.2) is 0 Å². The summed E-state index contributed by atoms with van der Waals surface area (Å²) >= 11 is 0. The summed E-state index contributed by atoms with van der Waals surface area (Å²) in [4.78, 5) is 32.2. The molecule has 2 aliphatic rings. The van der Waals surface area contributed by atoms with E-state index in [0.717, 1.165) is 57.4 Å². The number of aryl methyl sites for hydroxylation is 4. The number of H-pyrrole nitrogens is 1. The van der Waals surface area contributed by atoms with E-state index >= 15 is 0 Å². The summed E-state index contributed by atoms with van der Waals surface area (Å²) in [7, 11) is 0. The number of Topliss-reactive ketones (excluding diaryl/α,β-unsaturated/α-hetero) is 1. The van der Waals surface area contributed by atoms with E-state index in [9.17, 15) is 14.7 Å². The van der Waals surface area contributed by atoms with Gasteiger partial charge in [0, 0.05) is 33.4 Å². The number of carbonyl (C=O) groups excluding carboxylic acids is 2. The van der Waals surface area contributed by atoms with Crippen LogP contribution in [-0.2, 0) is 16.0 Å². The van der Waals surface area contributed by atoms with Crippen LogP contribution >= 0.6 is 0 Å². The molecule has 3 heterocycles. The number of amides is 1. The topological polar surface area (TPSA) is 82.6 Å². The van der Waals surface area contributed by atoms with Gasteiger partial charge in [0.05, 0.1) is 18.2 Å². The molecule has 1 atom stereocenters. The van der Waals surface area contributed by atoms with Crippen LogP contribution in [0.2, 0.25) is 0 Å². The molecule has 2 N–H and O–H groups in total. The summed E-state index contributed by atoms with van der Waals surface area (Å²) in [6, 6.07) is 18.2. The van der Waals surface area contributed by atoms with Crippen LogP contribution in [0.15, 0.2) is 66.2 Å². The molecule has 1 aromatic heterocycles. The highest BCUT2D eigenvalue weighted by molar-refractivity contribution is 6.52. The predicted octanol–water partition coefficient (Wildman–Crippen LogP) is 6.04. The van der Waals surface area contributed by atoms with Crippen molar-refractivity contribution in [3.63, 3.8) is 0 Å². The number of aromatic nitrogens is 1. The van der Waals surface area contributed by atoms with Crippen molar-refractivity contribution in [2.75, 3.05) is 11.5 Å². The Morgan fingerprint density at radius 3 is 2.62 bits per heavy atom. The Bertz CT molecular complexity index is 1630. The third-order valence-corrected chi connectivity index (χ3v) is 7.61. The Labute approximate surface area is 215 Å². The quantitative estimate of drug-likeness (QED) is 0.207. The van der Waals surface area contributed by atoms with Gasteiger partial charge in [-0.1, -0.05) is 24.3 Å². The maximum atomic E-state index is 13.7. The Balaban J connectivity index is 1.61.